The molecule has 0 saturated carbocycles. The van der Waals surface area contributed by atoms with Gasteiger partial charge in [0.05, 0.1) is 24.1 Å². The van der Waals surface area contributed by atoms with Gasteiger partial charge < -0.3 is 9.84 Å². The van der Waals surface area contributed by atoms with Crippen LogP contribution in [0.4, 0.5) is 0 Å². The summed E-state index contributed by atoms with van der Waals surface area (Å²) in [5, 5.41) is 18.6. The molecule has 8 heteroatoms. The van der Waals surface area contributed by atoms with Crippen LogP contribution in [0.3, 0.4) is 0 Å². The van der Waals surface area contributed by atoms with Crippen molar-refractivity contribution in [1.29, 1.82) is 0 Å². The van der Waals surface area contributed by atoms with E-state index in [0.29, 0.717) is 33.4 Å². The van der Waals surface area contributed by atoms with Gasteiger partial charge in [-0.15, -0.1) is 0 Å². The first-order chi connectivity index (χ1) is 14.6. The van der Waals surface area contributed by atoms with Crippen molar-refractivity contribution in [3.8, 4) is 22.8 Å². The Morgan fingerprint density at radius 3 is 2.60 bits per heavy atom. The van der Waals surface area contributed by atoms with Crippen molar-refractivity contribution in [2.24, 2.45) is 10.2 Å². The number of hydrogen-bond donors (Lipinski definition) is 2. The largest absolute Gasteiger partial charge is 0.493 e. The summed E-state index contributed by atoms with van der Waals surface area (Å²) in [4.78, 5) is 14.3. The fourth-order valence-electron chi connectivity index (χ4n) is 3.14. The van der Waals surface area contributed by atoms with Crippen LogP contribution in [0.1, 0.15) is 23.8 Å². The number of benzene rings is 2. The average Bonchev–Trinajstić information content (AvgIpc) is 3.38. The molecule has 30 heavy (non-hydrogen) atoms. The van der Waals surface area contributed by atoms with Gasteiger partial charge in [-0.3, -0.25) is 9.78 Å². The van der Waals surface area contributed by atoms with Crippen LogP contribution in [0.25, 0.3) is 16.7 Å². The van der Waals surface area contributed by atoms with Crippen molar-refractivity contribution in [2.75, 3.05) is 6.61 Å². The van der Waals surface area contributed by atoms with Gasteiger partial charge in [0.2, 0.25) is 5.88 Å². The third-order valence-electron chi connectivity index (χ3n) is 4.48. The standard InChI is InChI=1S/C22H18ClN3O3S/c1-2-8-29-18-7-6-14(10-17(18)23)13-4-3-5-15(9-13)19(16-11-24-25-12-16)20-21(27)26-22(28)30-20/h3-7,9-12,27H,2,8H2,1H3,(H,26,28). The predicted octanol–water partition coefficient (Wildman–Crippen LogP) is 5.12. The van der Waals surface area contributed by atoms with Crippen LogP contribution >= 0.6 is 22.9 Å². The third-order valence-corrected chi connectivity index (χ3v) is 5.67. The minimum atomic E-state index is -0.335. The Morgan fingerprint density at radius 1 is 1.17 bits per heavy atom. The molecular weight excluding hydrogens is 422 g/mol. The molecule has 0 amide bonds. The summed E-state index contributed by atoms with van der Waals surface area (Å²) in [6.45, 7) is 2.65. The van der Waals surface area contributed by atoms with Crippen molar-refractivity contribution in [2.45, 2.75) is 13.3 Å². The molecule has 0 unspecified atom stereocenters. The Labute approximate surface area is 181 Å². The highest BCUT2D eigenvalue weighted by Gasteiger charge is 2.19. The number of halogens is 1. The van der Waals surface area contributed by atoms with E-state index >= 15 is 0 Å². The third kappa shape index (κ3) is 4.08. The molecule has 2 aromatic carbocycles. The van der Waals surface area contributed by atoms with E-state index in [9.17, 15) is 9.90 Å². The molecule has 3 aromatic rings. The molecule has 4 rings (SSSR count). The van der Waals surface area contributed by atoms with Crippen molar-refractivity contribution >= 4 is 40.9 Å². The zero-order chi connectivity index (χ0) is 21.1. The van der Waals surface area contributed by atoms with E-state index in [4.69, 9.17) is 16.3 Å². The van der Waals surface area contributed by atoms with E-state index in [-0.39, 0.29) is 10.8 Å². The number of ether oxygens (including phenoxy) is 1. The predicted molar refractivity (Wildman–Crippen MR) is 122 cm³/mol. The topological polar surface area (TPSA) is 87.0 Å². The van der Waals surface area contributed by atoms with Gasteiger partial charge in [0, 0.05) is 11.1 Å². The van der Waals surface area contributed by atoms with E-state index < -0.39 is 0 Å². The van der Waals surface area contributed by atoms with Crippen LogP contribution in [0, 0.1) is 0 Å². The highest BCUT2D eigenvalue weighted by Crippen LogP contribution is 2.36. The average molecular weight is 440 g/mol. The highest BCUT2D eigenvalue weighted by molar-refractivity contribution is 7.10. The number of nitrogens with zero attached hydrogens (tertiary/aromatic N) is 2. The van der Waals surface area contributed by atoms with Gasteiger partial charge in [-0.2, -0.15) is 10.2 Å². The van der Waals surface area contributed by atoms with E-state index in [2.05, 4.69) is 15.2 Å². The van der Waals surface area contributed by atoms with Gasteiger partial charge in [-0.25, -0.2) is 0 Å². The molecule has 2 heterocycles. The minimum absolute atomic E-state index is 0.174. The number of H-pyrrole nitrogens is 1. The molecule has 2 N–H and O–H groups in total. The van der Waals surface area contributed by atoms with Crippen LogP contribution in [0.5, 0.6) is 11.6 Å². The molecule has 0 bridgehead atoms. The van der Waals surface area contributed by atoms with Crippen molar-refractivity contribution in [1.82, 2.24) is 4.98 Å². The van der Waals surface area contributed by atoms with E-state index in [1.807, 2.05) is 49.4 Å². The lowest BCUT2D eigenvalue weighted by atomic mass is 9.95. The number of allylic oxidation sites excluding steroid dienone is 1. The van der Waals surface area contributed by atoms with E-state index in [0.717, 1.165) is 34.4 Å². The van der Waals surface area contributed by atoms with Gasteiger partial charge in [0.25, 0.3) is 0 Å². The molecular formula is C22H18ClN3O3S. The Balaban J connectivity index is 1.78. The van der Waals surface area contributed by atoms with Gasteiger partial charge in [-0.1, -0.05) is 54.1 Å². The van der Waals surface area contributed by atoms with Crippen molar-refractivity contribution < 1.29 is 9.84 Å². The molecule has 152 valence electrons. The molecule has 6 nitrogen and oxygen atoms in total. The lowest BCUT2D eigenvalue weighted by molar-refractivity contribution is 0.317. The van der Waals surface area contributed by atoms with Crippen LogP contribution in [-0.4, -0.2) is 29.1 Å². The van der Waals surface area contributed by atoms with E-state index in [1.165, 1.54) is 0 Å². The summed E-state index contributed by atoms with van der Waals surface area (Å²) in [7, 11) is 0. The van der Waals surface area contributed by atoms with Gasteiger partial charge in [0.1, 0.15) is 10.6 Å². The Hall–Kier alpha value is -3.16. The Kier molecular flexibility index (Phi) is 5.83. The second-order valence-electron chi connectivity index (χ2n) is 6.59. The maximum absolute atomic E-state index is 11.8. The molecule has 0 fully saturated rings. The SMILES string of the molecule is CCCOc1ccc(-c2cccc(C(=C3C=NN=C3)c3sc(=O)[nH]c3O)c2)cc1Cl. The van der Waals surface area contributed by atoms with Crippen molar-refractivity contribution in [3.63, 3.8) is 0 Å². The summed E-state index contributed by atoms with van der Waals surface area (Å²) in [5.41, 5.74) is 4.06. The molecule has 1 aromatic heterocycles. The molecule has 0 spiro atoms. The lowest BCUT2D eigenvalue weighted by Crippen LogP contribution is -1.96. The number of hydrogen-bond acceptors (Lipinski definition) is 6. The fourth-order valence-corrected chi connectivity index (χ4v) is 4.19. The van der Waals surface area contributed by atoms with Crippen LogP contribution in [0.2, 0.25) is 5.02 Å². The van der Waals surface area contributed by atoms with Crippen LogP contribution in [-0.2, 0) is 0 Å². The first-order valence-electron chi connectivity index (χ1n) is 9.33. The van der Waals surface area contributed by atoms with Gasteiger partial charge in [-0.05, 0) is 41.3 Å². The fraction of sp³-hybridized carbons (Fsp3) is 0.136. The summed E-state index contributed by atoms with van der Waals surface area (Å²) in [6, 6.07) is 13.5. The molecule has 0 saturated heterocycles. The summed E-state index contributed by atoms with van der Waals surface area (Å²) in [6.07, 6.45) is 4.10. The highest BCUT2D eigenvalue weighted by atomic mass is 35.5. The van der Waals surface area contributed by atoms with Crippen LogP contribution in [0.15, 0.2) is 63.0 Å². The molecule has 0 atom stereocenters. The normalized spacial score (nSPS) is 12.5. The maximum Gasteiger partial charge on any atom is 0.307 e. The molecule has 0 aliphatic carbocycles. The molecule has 0 radical (unpaired) electrons. The zero-order valence-electron chi connectivity index (χ0n) is 16.1. The number of thiazole rings is 1. The minimum Gasteiger partial charge on any atom is -0.493 e. The number of rotatable bonds is 6. The first kappa shape index (κ1) is 20.1. The van der Waals surface area contributed by atoms with Gasteiger partial charge in [0.15, 0.2) is 0 Å². The summed E-state index contributed by atoms with van der Waals surface area (Å²) in [5.74, 6) is 0.480. The van der Waals surface area contributed by atoms with Crippen LogP contribution < -0.4 is 9.61 Å². The lowest BCUT2D eigenvalue weighted by Gasteiger charge is -2.12. The number of nitrogens with one attached hydrogen (secondary N) is 1. The number of aromatic nitrogens is 1. The second-order valence-corrected chi connectivity index (χ2v) is 7.98. The molecule has 1 aliphatic rings. The number of aromatic hydroxyl groups is 1. The monoisotopic (exact) mass is 439 g/mol. The van der Waals surface area contributed by atoms with E-state index in [1.54, 1.807) is 12.4 Å². The smallest absolute Gasteiger partial charge is 0.307 e. The summed E-state index contributed by atoms with van der Waals surface area (Å²) < 4.78 is 5.65. The second kappa shape index (κ2) is 8.69. The summed E-state index contributed by atoms with van der Waals surface area (Å²) >= 11 is 7.34. The first-order valence-corrected chi connectivity index (χ1v) is 10.5. The van der Waals surface area contributed by atoms with Crippen molar-refractivity contribution in [3.05, 3.63) is 73.2 Å². The maximum atomic E-state index is 11.8. The quantitative estimate of drug-likeness (QED) is 0.558. The molecule has 1 aliphatic heterocycles. The van der Waals surface area contributed by atoms with Gasteiger partial charge >= 0.3 is 4.87 Å². The Morgan fingerprint density at radius 2 is 1.93 bits per heavy atom. The Bertz CT molecular complexity index is 1230. The number of aromatic amines is 1. The zero-order valence-corrected chi connectivity index (χ0v) is 17.6.